The van der Waals surface area contributed by atoms with Crippen LogP contribution >= 0.6 is 0 Å². The Bertz CT molecular complexity index is 154. The van der Waals surface area contributed by atoms with Crippen molar-refractivity contribution >= 4 is 0 Å². The van der Waals surface area contributed by atoms with E-state index in [1.165, 1.54) is 0 Å². The van der Waals surface area contributed by atoms with Crippen LogP contribution in [0.5, 0.6) is 0 Å². The summed E-state index contributed by atoms with van der Waals surface area (Å²) in [6.07, 6.45) is 4.45. The molecule has 1 aliphatic heterocycles. The summed E-state index contributed by atoms with van der Waals surface area (Å²) in [7, 11) is 0. The highest BCUT2D eigenvalue weighted by Crippen LogP contribution is 2.20. The van der Waals surface area contributed by atoms with E-state index in [-0.39, 0.29) is 5.54 Å². The van der Waals surface area contributed by atoms with E-state index >= 15 is 0 Å². The molecule has 12 heavy (non-hydrogen) atoms. The molecule has 0 saturated carbocycles. The second-order valence-electron chi connectivity index (χ2n) is 4.05. The molecule has 0 bridgehead atoms. The largest absolute Gasteiger partial charge is 0.374 e. The molecule has 0 amide bonds. The standard InChI is InChI=1S/C10H19NO/c1-4-7-12-9-5-6-11-10(2,3)8-9/h4,9,11H,1,5-8H2,2-3H3. The van der Waals surface area contributed by atoms with Crippen LogP contribution in [0, 0.1) is 0 Å². The first-order chi connectivity index (χ1) is 5.64. The molecule has 0 radical (unpaired) electrons. The van der Waals surface area contributed by atoms with Crippen molar-refractivity contribution in [2.24, 2.45) is 0 Å². The molecule has 0 spiro atoms. The number of hydrogen-bond acceptors (Lipinski definition) is 2. The van der Waals surface area contributed by atoms with Crippen molar-refractivity contribution < 1.29 is 4.74 Å². The highest BCUT2D eigenvalue weighted by Gasteiger charge is 2.27. The Morgan fingerprint density at radius 1 is 1.67 bits per heavy atom. The van der Waals surface area contributed by atoms with E-state index in [0.29, 0.717) is 12.7 Å². The van der Waals surface area contributed by atoms with Gasteiger partial charge in [0.2, 0.25) is 0 Å². The number of hydrogen-bond donors (Lipinski definition) is 1. The fraction of sp³-hybridized carbons (Fsp3) is 0.800. The third kappa shape index (κ3) is 2.95. The molecule has 0 aliphatic carbocycles. The first kappa shape index (κ1) is 9.75. The van der Waals surface area contributed by atoms with Crippen molar-refractivity contribution in [1.82, 2.24) is 5.32 Å². The summed E-state index contributed by atoms with van der Waals surface area (Å²) in [4.78, 5) is 0. The molecule has 0 aromatic carbocycles. The van der Waals surface area contributed by atoms with Gasteiger partial charge in [-0.2, -0.15) is 0 Å². The SMILES string of the molecule is C=CCOC1CCNC(C)(C)C1. The van der Waals surface area contributed by atoms with Crippen LogP contribution in [0.1, 0.15) is 26.7 Å². The second-order valence-corrected chi connectivity index (χ2v) is 4.05. The molecule has 0 aromatic heterocycles. The molecule has 1 rings (SSSR count). The van der Waals surface area contributed by atoms with Gasteiger partial charge in [-0.1, -0.05) is 6.08 Å². The summed E-state index contributed by atoms with van der Waals surface area (Å²) in [5.74, 6) is 0. The maximum absolute atomic E-state index is 5.61. The molecule has 1 unspecified atom stereocenters. The average Bonchev–Trinajstić information content (AvgIpc) is 1.99. The molecule has 0 aromatic rings. The van der Waals surface area contributed by atoms with E-state index in [9.17, 15) is 0 Å². The zero-order valence-corrected chi connectivity index (χ0v) is 8.10. The third-order valence-corrected chi connectivity index (χ3v) is 2.26. The van der Waals surface area contributed by atoms with Gasteiger partial charge < -0.3 is 10.1 Å². The second kappa shape index (κ2) is 4.06. The van der Waals surface area contributed by atoms with Crippen molar-refractivity contribution in [3.8, 4) is 0 Å². The van der Waals surface area contributed by atoms with Crippen LogP contribution in [-0.2, 0) is 4.74 Å². The molecule has 70 valence electrons. The van der Waals surface area contributed by atoms with E-state index in [1.54, 1.807) is 0 Å². The van der Waals surface area contributed by atoms with E-state index < -0.39 is 0 Å². The van der Waals surface area contributed by atoms with Crippen LogP contribution < -0.4 is 5.32 Å². The van der Waals surface area contributed by atoms with E-state index in [2.05, 4.69) is 25.7 Å². The number of nitrogens with one attached hydrogen (secondary N) is 1. The molecule has 2 heteroatoms. The molecule has 1 N–H and O–H groups in total. The number of rotatable bonds is 3. The first-order valence-corrected chi connectivity index (χ1v) is 4.61. The van der Waals surface area contributed by atoms with Crippen molar-refractivity contribution in [1.29, 1.82) is 0 Å². The lowest BCUT2D eigenvalue weighted by molar-refractivity contribution is 0.0243. The van der Waals surface area contributed by atoms with Gasteiger partial charge in [-0.3, -0.25) is 0 Å². The molecule has 1 heterocycles. The van der Waals surface area contributed by atoms with Crippen LogP contribution in [0.15, 0.2) is 12.7 Å². The van der Waals surface area contributed by atoms with Gasteiger partial charge in [0.1, 0.15) is 0 Å². The zero-order chi connectivity index (χ0) is 9.03. The number of ether oxygens (including phenoxy) is 1. The van der Waals surface area contributed by atoms with Crippen LogP contribution in [0.3, 0.4) is 0 Å². The molecule has 1 atom stereocenters. The normalized spacial score (nSPS) is 28.3. The van der Waals surface area contributed by atoms with Gasteiger partial charge in [-0.05, 0) is 33.2 Å². The molecule has 2 nitrogen and oxygen atoms in total. The van der Waals surface area contributed by atoms with Gasteiger partial charge in [-0.25, -0.2) is 0 Å². The Labute approximate surface area is 75.0 Å². The summed E-state index contributed by atoms with van der Waals surface area (Å²) >= 11 is 0. The minimum Gasteiger partial charge on any atom is -0.374 e. The Morgan fingerprint density at radius 2 is 2.42 bits per heavy atom. The monoisotopic (exact) mass is 169 g/mol. The summed E-state index contributed by atoms with van der Waals surface area (Å²) in [6.45, 7) is 9.82. The highest BCUT2D eigenvalue weighted by atomic mass is 16.5. The van der Waals surface area contributed by atoms with Gasteiger partial charge in [-0.15, -0.1) is 6.58 Å². The maximum Gasteiger partial charge on any atom is 0.0648 e. The summed E-state index contributed by atoms with van der Waals surface area (Å²) in [5.41, 5.74) is 0.240. The summed E-state index contributed by atoms with van der Waals surface area (Å²) in [6, 6.07) is 0. The minimum absolute atomic E-state index is 0.240. The van der Waals surface area contributed by atoms with Crippen LogP contribution in [-0.4, -0.2) is 24.8 Å². The fourth-order valence-corrected chi connectivity index (χ4v) is 1.66. The van der Waals surface area contributed by atoms with Gasteiger partial charge in [0.15, 0.2) is 0 Å². The highest BCUT2D eigenvalue weighted by molar-refractivity contribution is 4.87. The fourth-order valence-electron chi connectivity index (χ4n) is 1.66. The predicted octanol–water partition coefficient (Wildman–Crippen LogP) is 1.72. The van der Waals surface area contributed by atoms with Crippen molar-refractivity contribution in [3.05, 3.63) is 12.7 Å². The van der Waals surface area contributed by atoms with Gasteiger partial charge in [0.05, 0.1) is 12.7 Å². The Morgan fingerprint density at radius 3 is 3.00 bits per heavy atom. The van der Waals surface area contributed by atoms with Gasteiger partial charge in [0, 0.05) is 5.54 Å². The molecule has 1 saturated heterocycles. The Hall–Kier alpha value is -0.340. The van der Waals surface area contributed by atoms with Crippen LogP contribution in [0.2, 0.25) is 0 Å². The molecular weight excluding hydrogens is 150 g/mol. The molecule has 1 aliphatic rings. The van der Waals surface area contributed by atoms with E-state index in [0.717, 1.165) is 19.4 Å². The molecular formula is C10H19NO. The quantitative estimate of drug-likeness (QED) is 0.649. The molecule has 1 fully saturated rings. The van der Waals surface area contributed by atoms with E-state index in [4.69, 9.17) is 4.74 Å². The topological polar surface area (TPSA) is 21.3 Å². The smallest absolute Gasteiger partial charge is 0.0648 e. The summed E-state index contributed by atoms with van der Waals surface area (Å²) in [5, 5.41) is 3.46. The van der Waals surface area contributed by atoms with E-state index in [1.807, 2.05) is 6.08 Å². The zero-order valence-electron chi connectivity index (χ0n) is 8.10. The number of piperidine rings is 1. The van der Waals surface area contributed by atoms with Crippen molar-refractivity contribution in [3.63, 3.8) is 0 Å². The first-order valence-electron chi connectivity index (χ1n) is 4.61. The van der Waals surface area contributed by atoms with Crippen LogP contribution in [0.25, 0.3) is 0 Å². The summed E-state index contributed by atoms with van der Waals surface area (Å²) < 4.78 is 5.61. The van der Waals surface area contributed by atoms with Crippen molar-refractivity contribution in [2.75, 3.05) is 13.2 Å². The maximum atomic E-state index is 5.61. The van der Waals surface area contributed by atoms with Crippen LogP contribution in [0.4, 0.5) is 0 Å². The Balaban J connectivity index is 2.31. The predicted molar refractivity (Wildman–Crippen MR) is 51.3 cm³/mol. The van der Waals surface area contributed by atoms with Gasteiger partial charge >= 0.3 is 0 Å². The lowest BCUT2D eigenvalue weighted by Crippen LogP contribution is -2.48. The lowest BCUT2D eigenvalue weighted by Gasteiger charge is -2.36. The van der Waals surface area contributed by atoms with Crippen molar-refractivity contribution in [2.45, 2.75) is 38.3 Å². The minimum atomic E-state index is 0.240. The average molecular weight is 169 g/mol. The third-order valence-electron chi connectivity index (χ3n) is 2.26. The Kier molecular flexibility index (Phi) is 3.29. The van der Waals surface area contributed by atoms with Gasteiger partial charge in [0.25, 0.3) is 0 Å². The lowest BCUT2D eigenvalue weighted by atomic mass is 9.91.